The maximum Gasteiger partial charge on any atom is 0.333 e. The fraction of sp³-hybridized carbons (Fsp3) is 0.750. The molecule has 0 aliphatic carbocycles. The van der Waals surface area contributed by atoms with Crippen molar-refractivity contribution in [2.45, 2.75) is 33.2 Å². The third-order valence-electron chi connectivity index (χ3n) is 3.34. The van der Waals surface area contributed by atoms with Gasteiger partial charge < -0.3 is 10.2 Å². The number of nitrogens with zero attached hydrogens (tertiary/aromatic N) is 4. The first kappa shape index (κ1) is 13.8. The Morgan fingerprint density at radius 2 is 2.11 bits per heavy atom. The molecule has 0 bridgehead atoms. The second kappa shape index (κ2) is 5.56. The predicted molar refractivity (Wildman–Crippen MR) is 73.7 cm³/mol. The van der Waals surface area contributed by atoms with Crippen LogP contribution in [0.25, 0.3) is 0 Å². The Kier molecular flexibility index (Phi) is 4.04. The molecule has 0 saturated carbocycles. The fourth-order valence-electron chi connectivity index (χ4n) is 2.45. The number of aromatic nitrogens is 2. The Bertz CT molecular complexity index is 461. The number of hydrogen-bond donors (Lipinski definition) is 1. The van der Waals surface area contributed by atoms with Crippen LogP contribution in [0.5, 0.6) is 0 Å². The summed E-state index contributed by atoms with van der Waals surface area (Å²) >= 11 is 0. The molecule has 7 nitrogen and oxygen atoms in total. The van der Waals surface area contributed by atoms with Crippen LogP contribution < -0.4 is 10.2 Å². The summed E-state index contributed by atoms with van der Waals surface area (Å²) in [5.41, 5.74) is 0.640. The molecule has 1 N–H and O–H groups in total. The molecule has 7 heteroatoms. The summed E-state index contributed by atoms with van der Waals surface area (Å²) in [7, 11) is 0. The van der Waals surface area contributed by atoms with Crippen molar-refractivity contribution in [3.8, 4) is 0 Å². The largest absolute Gasteiger partial charge is 0.350 e. The Morgan fingerprint density at radius 1 is 1.37 bits per heavy atom. The molecule has 0 spiro atoms. The van der Waals surface area contributed by atoms with Crippen molar-refractivity contribution in [3.63, 3.8) is 0 Å². The van der Waals surface area contributed by atoms with Gasteiger partial charge in [-0.1, -0.05) is 0 Å². The van der Waals surface area contributed by atoms with Crippen LogP contribution in [0.15, 0.2) is 0 Å². The molecule has 1 saturated heterocycles. The van der Waals surface area contributed by atoms with Gasteiger partial charge in [-0.3, -0.25) is 10.1 Å². The zero-order valence-corrected chi connectivity index (χ0v) is 11.7. The second-order valence-electron chi connectivity index (χ2n) is 5.14. The van der Waals surface area contributed by atoms with Crippen LogP contribution in [0.1, 0.15) is 32.0 Å². The molecule has 0 aromatic carbocycles. The van der Waals surface area contributed by atoms with E-state index < -0.39 is 0 Å². The first-order valence-electron chi connectivity index (χ1n) is 6.71. The lowest BCUT2D eigenvalue weighted by Gasteiger charge is -2.23. The normalized spacial score (nSPS) is 16.7. The number of hydrogen-bond acceptors (Lipinski definition) is 5. The van der Waals surface area contributed by atoms with Crippen molar-refractivity contribution in [1.29, 1.82) is 0 Å². The van der Waals surface area contributed by atoms with Crippen LogP contribution in [-0.2, 0) is 0 Å². The van der Waals surface area contributed by atoms with Crippen molar-refractivity contribution in [2.24, 2.45) is 0 Å². The number of nitrogens with one attached hydrogen (secondary N) is 1. The van der Waals surface area contributed by atoms with Crippen molar-refractivity contribution < 1.29 is 4.92 Å². The quantitative estimate of drug-likeness (QED) is 0.663. The molecule has 0 amide bonds. The lowest BCUT2D eigenvalue weighted by atomic mass is 10.3. The molecule has 1 fully saturated rings. The van der Waals surface area contributed by atoms with Crippen LogP contribution >= 0.6 is 0 Å². The van der Waals surface area contributed by atoms with Crippen molar-refractivity contribution >= 4 is 11.5 Å². The van der Waals surface area contributed by atoms with E-state index >= 15 is 0 Å². The predicted octanol–water partition coefficient (Wildman–Crippen LogP) is 1.48. The molecular formula is C12H21N5O2. The Morgan fingerprint density at radius 3 is 2.74 bits per heavy atom. The van der Waals surface area contributed by atoms with E-state index in [2.05, 4.69) is 15.3 Å². The van der Waals surface area contributed by atoms with Gasteiger partial charge in [0.05, 0.1) is 4.92 Å². The molecule has 1 aliphatic heterocycles. The van der Waals surface area contributed by atoms with E-state index in [1.165, 1.54) is 0 Å². The molecule has 2 heterocycles. The lowest BCUT2D eigenvalue weighted by Crippen LogP contribution is -2.30. The minimum absolute atomic E-state index is 0.110. The standard InChI is InChI=1S/C12H21N5O2/c1-9(2)16-12(11(17(18)19)10(3)14-16)15-7-4-5-13-6-8-15/h9,13H,4-8H2,1-3H3. The molecular weight excluding hydrogens is 246 g/mol. The van der Waals surface area contributed by atoms with Crippen LogP contribution in [-0.4, -0.2) is 40.9 Å². The molecule has 1 aromatic rings. The molecule has 19 heavy (non-hydrogen) atoms. The van der Waals surface area contributed by atoms with Gasteiger partial charge in [0.25, 0.3) is 0 Å². The van der Waals surface area contributed by atoms with Gasteiger partial charge in [-0.2, -0.15) is 5.10 Å². The fourth-order valence-corrected chi connectivity index (χ4v) is 2.45. The van der Waals surface area contributed by atoms with E-state index in [1.807, 2.05) is 13.8 Å². The molecule has 1 aliphatic rings. The Hall–Kier alpha value is -1.63. The molecule has 0 radical (unpaired) electrons. The summed E-state index contributed by atoms with van der Waals surface area (Å²) in [6.07, 6.45) is 0.986. The van der Waals surface area contributed by atoms with E-state index in [-0.39, 0.29) is 16.7 Å². The highest BCUT2D eigenvalue weighted by Gasteiger charge is 2.30. The van der Waals surface area contributed by atoms with Gasteiger partial charge in [0.15, 0.2) is 0 Å². The highest BCUT2D eigenvalue weighted by molar-refractivity contribution is 5.61. The van der Waals surface area contributed by atoms with E-state index in [0.717, 1.165) is 32.6 Å². The average Bonchev–Trinajstić information content (AvgIpc) is 2.53. The minimum atomic E-state index is -0.311. The van der Waals surface area contributed by atoms with Gasteiger partial charge in [0, 0.05) is 25.7 Å². The number of rotatable bonds is 3. The average molecular weight is 267 g/mol. The van der Waals surface area contributed by atoms with Gasteiger partial charge in [-0.15, -0.1) is 0 Å². The number of aryl methyl sites for hydroxylation is 1. The van der Waals surface area contributed by atoms with Gasteiger partial charge in [-0.05, 0) is 33.7 Å². The minimum Gasteiger partial charge on any atom is -0.350 e. The topological polar surface area (TPSA) is 76.2 Å². The first-order valence-corrected chi connectivity index (χ1v) is 6.71. The molecule has 0 atom stereocenters. The summed E-state index contributed by atoms with van der Waals surface area (Å²) in [6.45, 7) is 9.10. The van der Waals surface area contributed by atoms with Gasteiger partial charge in [0.1, 0.15) is 5.69 Å². The van der Waals surface area contributed by atoms with Crippen molar-refractivity contribution in [3.05, 3.63) is 15.8 Å². The van der Waals surface area contributed by atoms with E-state index in [4.69, 9.17) is 0 Å². The van der Waals surface area contributed by atoms with Gasteiger partial charge >= 0.3 is 5.69 Å². The third kappa shape index (κ3) is 2.70. The summed E-state index contributed by atoms with van der Waals surface area (Å²) < 4.78 is 1.78. The number of nitro groups is 1. The lowest BCUT2D eigenvalue weighted by molar-refractivity contribution is -0.384. The zero-order chi connectivity index (χ0) is 14.0. The van der Waals surface area contributed by atoms with E-state index in [1.54, 1.807) is 11.6 Å². The Balaban J connectivity index is 2.47. The van der Waals surface area contributed by atoms with E-state index in [9.17, 15) is 10.1 Å². The molecule has 106 valence electrons. The molecule has 2 rings (SSSR count). The van der Waals surface area contributed by atoms with Crippen LogP contribution in [0, 0.1) is 17.0 Å². The summed E-state index contributed by atoms with van der Waals surface area (Å²) in [4.78, 5) is 13.1. The maximum atomic E-state index is 11.3. The van der Waals surface area contributed by atoms with Crippen LogP contribution in [0.3, 0.4) is 0 Å². The molecule has 0 unspecified atom stereocenters. The van der Waals surface area contributed by atoms with E-state index in [0.29, 0.717) is 11.5 Å². The first-order chi connectivity index (χ1) is 9.02. The Labute approximate surface area is 112 Å². The highest BCUT2D eigenvalue weighted by atomic mass is 16.6. The van der Waals surface area contributed by atoms with Crippen molar-refractivity contribution in [2.75, 3.05) is 31.1 Å². The number of anilines is 1. The van der Waals surface area contributed by atoms with Gasteiger partial charge in [-0.25, -0.2) is 4.68 Å². The summed E-state index contributed by atoms with van der Waals surface area (Å²) in [6, 6.07) is 0.110. The molecule has 1 aromatic heterocycles. The smallest absolute Gasteiger partial charge is 0.333 e. The SMILES string of the molecule is Cc1nn(C(C)C)c(N2CCCNCC2)c1[N+](=O)[O-]. The third-order valence-corrected chi connectivity index (χ3v) is 3.34. The second-order valence-corrected chi connectivity index (χ2v) is 5.14. The van der Waals surface area contributed by atoms with Crippen LogP contribution in [0.2, 0.25) is 0 Å². The van der Waals surface area contributed by atoms with Gasteiger partial charge in [0.2, 0.25) is 5.82 Å². The summed E-state index contributed by atoms with van der Waals surface area (Å²) in [5.74, 6) is 0.654. The monoisotopic (exact) mass is 267 g/mol. The van der Waals surface area contributed by atoms with Crippen LogP contribution in [0.4, 0.5) is 11.5 Å². The highest BCUT2D eigenvalue weighted by Crippen LogP contribution is 2.33. The maximum absolute atomic E-state index is 11.3. The van der Waals surface area contributed by atoms with Crippen molar-refractivity contribution in [1.82, 2.24) is 15.1 Å². The summed E-state index contributed by atoms with van der Waals surface area (Å²) in [5, 5.41) is 19.0. The zero-order valence-electron chi connectivity index (χ0n) is 11.7.